The summed E-state index contributed by atoms with van der Waals surface area (Å²) in [5.74, 6) is 0.411. The fraction of sp³-hybridized carbons (Fsp3) is 0.312. The molecule has 0 spiro atoms. The maximum atomic E-state index is 12.4. The predicted octanol–water partition coefficient (Wildman–Crippen LogP) is 2.93. The molecular formula is C16H18ClN5OS. The van der Waals surface area contributed by atoms with Gasteiger partial charge in [-0.3, -0.25) is 10.1 Å². The van der Waals surface area contributed by atoms with E-state index in [1.165, 1.54) is 4.88 Å². The van der Waals surface area contributed by atoms with Crippen LogP contribution in [0.5, 0.6) is 0 Å². The van der Waals surface area contributed by atoms with Gasteiger partial charge >= 0.3 is 0 Å². The van der Waals surface area contributed by atoms with Crippen LogP contribution in [0.2, 0.25) is 0 Å². The molecule has 0 unspecified atom stereocenters. The Morgan fingerprint density at radius 1 is 1.29 bits per heavy atom. The van der Waals surface area contributed by atoms with Crippen LogP contribution in [0.15, 0.2) is 36.9 Å². The number of hydrogen-bond donors (Lipinski definition) is 2. The third kappa shape index (κ3) is 3.43. The molecule has 1 amide bonds. The van der Waals surface area contributed by atoms with Crippen molar-refractivity contribution in [3.63, 3.8) is 0 Å². The zero-order valence-corrected chi connectivity index (χ0v) is 14.6. The van der Waals surface area contributed by atoms with E-state index in [0.29, 0.717) is 16.6 Å². The Balaban J connectivity index is 0.00000169. The van der Waals surface area contributed by atoms with Crippen LogP contribution in [-0.4, -0.2) is 33.4 Å². The molecule has 0 aliphatic carbocycles. The summed E-state index contributed by atoms with van der Waals surface area (Å²) in [4.78, 5) is 22.2. The Labute approximate surface area is 149 Å². The first-order valence-corrected chi connectivity index (χ1v) is 8.52. The normalized spacial score (nSPS) is 15.2. The lowest BCUT2D eigenvalue weighted by molar-refractivity contribution is 0.102. The molecule has 0 bridgehead atoms. The molecule has 1 saturated heterocycles. The van der Waals surface area contributed by atoms with Crippen LogP contribution < -0.4 is 10.6 Å². The van der Waals surface area contributed by atoms with Gasteiger partial charge in [0.1, 0.15) is 5.65 Å². The Kier molecular flexibility index (Phi) is 5.13. The highest BCUT2D eigenvalue weighted by atomic mass is 35.5. The van der Waals surface area contributed by atoms with E-state index in [4.69, 9.17) is 0 Å². The van der Waals surface area contributed by atoms with Crippen molar-refractivity contribution in [2.45, 2.75) is 18.8 Å². The molecule has 2 N–H and O–H groups in total. The average Bonchev–Trinajstić information content (AvgIpc) is 3.24. The number of amides is 1. The van der Waals surface area contributed by atoms with Crippen LogP contribution in [-0.2, 0) is 0 Å². The highest BCUT2D eigenvalue weighted by molar-refractivity contribution is 7.15. The van der Waals surface area contributed by atoms with Gasteiger partial charge in [0.05, 0.1) is 5.56 Å². The smallest absolute Gasteiger partial charge is 0.258 e. The minimum atomic E-state index is -0.146. The number of nitrogens with one attached hydrogen (secondary N) is 2. The van der Waals surface area contributed by atoms with Gasteiger partial charge in [0.15, 0.2) is 5.13 Å². The molecule has 6 nitrogen and oxygen atoms in total. The first kappa shape index (κ1) is 16.9. The summed E-state index contributed by atoms with van der Waals surface area (Å²) in [7, 11) is 0. The first-order chi connectivity index (χ1) is 11.3. The number of fused-ring (bicyclic) bond motifs is 1. The number of aromatic nitrogens is 3. The van der Waals surface area contributed by atoms with Crippen LogP contribution in [0.1, 0.15) is 34.0 Å². The van der Waals surface area contributed by atoms with Gasteiger partial charge < -0.3 is 9.72 Å². The lowest BCUT2D eigenvalue weighted by atomic mass is 9.97. The van der Waals surface area contributed by atoms with Crippen molar-refractivity contribution < 1.29 is 4.79 Å². The maximum Gasteiger partial charge on any atom is 0.258 e. The van der Waals surface area contributed by atoms with Gasteiger partial charge in [0.2, 0.25) is 0 Å². The van der Waals surface area contributed by atoms with E-state index < -0.39 is 0 Å². The zero-order chi connectivity index (χ0) is 15.6. The lowest BCUT2D eigenvalue weighted by Crippen LogP contribution is -2.26. The molecule has 1 fully saturated rings. The summed E-state index contributed by atoms with van der Waals surface area (Å²) in [6.45, 7) is 2.10. The number of imidazole rings is 1. The molecule has 3 aromatic rings. The van der Waals surface area contributed by atoms with Gasteiger partial charge in [-0.25, -0.2) is 9.97 Å². The molecule has 24 heavy (non-hydrogen) atoms. The minimum Gasteiger partial charge on any atom is -0.317 e. The third-order valence-electron chi connectivity index (χ3n) is 4.14. The average molecular weight is 364 g/mol. The monoisotopic (exact) mass is 363 g/mol. The van der Waals surface area contributed by atoms with Crippen molar-refractivity contribution in [1.29, 1.82) is 0 Å². The topological polar surface area (TPSA) is 71.3 Å². The predicted molar refractivity (Wildman–Crippen MR) is 97.4 cm³/mol. The number of carbonyl (C=O) groups excluding carboxylic acids is 1. The number of carbonyl (C=O) groups is 1. The molecule has 0 radical (unpaired) electrons. The van der Waals surface area contributed by atoms with Gasteiger partial charge in [-0.1, -0.05) is 0 Å². The Hall–Kier alpha value is -1.96. The van der Waals surface area contributed by atoms with Gasteiger partial charge in [0, 0.05) is 29.7 Å². The molecule has 0 aromatic carbocycles. The third-order valence-corrected chi connectivity index (χ3v) is 5.21. The number of nitrogens with zero attached hydrogens (tertiary/aromatic N) is 3. The summed E-state index contributed by atoms with van der Waals surface area (Å²) in [5, 5.41) is 6.92. The number of thiazole rings is 1. The molecule has 0 atom stereocenters. The van der Waals surface area contributed by atoms with Crippen molar-refractivity contribution in [3.05, 3.63) is 47.4 Å². The Bertz CT molecular complexity index is 840. The van der Waals surface area contributed by atoms with E-state index in [9.17, 15) is 4.79 Å². The van der Waals surface area contributed by atoms with Gasteiger partial charge in [-0.05, 0) is 44.0 Å². The molecule has 1 aliphatic rings. The van der Waals surface area contributed by atoms with E-state index >= 15 is 0 Å². The molecular weight excluding hydrogens is 346 g/mol. The standard InChI is InChI=1S/C16H17N5OS.ClH/c22-15(12-1-2-14-18-7-8-21(14)10-12)20-16-19-9-13(23-16)11-3-5-17-6-4-11;/h1-2,7-11,17H,3-6H2,(H,19,20,22);1H. The van der Waals surface area contributed by atoms with E-state index in [1.54, 1.807) is 29.8 Å². The van der Waals surface area contributed by atoms with Crippen LogP contribution in [0.4, 0.5) is 5.13 Å². The summed E-state index contributed by atoms with van der Waals surface area (Å²) < 4.78 is 1.83. The number of piperidine rings is 1. The van der Waals surface area contributed by atoms with E-state index in [0.717, 1.165) is 31.6 Å². The number of rotatable bonds is 3. The summed E-state index contributed by atoms with van der Waals surface area (Å²) >= 11 is 1.58. The quantitative estimate of drug-likeness (QED) is 0.750. The van der Waals surface area contributed by atoms with Gasteiger partial charge in [-0.2, -0.15) is 0 Å². The fourth-order valence-electron chi connectivity index (χ4n) is 2.86. The van der Waals surface area contributed by atoms with E-state index in [-0.39, 0.29) is 18.3 Å². The van der Waals surface area contributed by atoms with E-state index in [1.807, 2.05) is 22.9 Å². The summed E-state index contributed by atoms with van der Waals surface area (Å²) in [6, 6.07) is 3.61. The number of hydrogen-bond acceptors (Lipinski definition) is 5. The molecule has 4 rings (SSSR count). The second-order valence-electron chi connectivity index (χ2n) is 5.66. The second kappa shape index (κ2) is 7.29. The van der Waals surface area contributed by atoms with Crippen LogP contribution in [0, 0.1) is 0 Å². The van der Waals surface area contributed by atoms with Gasteiger partial charge in [-0.15, -0.1) is 23.7 Å². The van der Waals surface area contributed by atoms with Crippen LogP contribution in [0.25, 0.3) is 5.65 Å². The van der Waals surface area contributed by atoms with Crippen molar-refractivity contribution >= 4 is 40.4 Å². The Morgan fingerprint density at radius 3 is 2.96 bits per heavy atom. The number of pyridine rings is 1. The SMILES string of the molecule is Cl.O=C(Nc1ncc(C2CCNCC2)s1)c1ccc2nccn2c1. The second-order valence-corrected chi connectivity index (χ2v) is 6.72. The molecule has 126 valence electrons. The highest BCUT2D eigenvalue weighted by Crippen LogP contribution is 2.31. The van der Waals surface area contributed by atoms with Crippen molar-refractivity contribution in [2.24, 2.45) is 0 Å². The highest BCUT2D eigenvalue weighted by Gasteiger charge is 2.18. The van der Waals surface area contributed by atoms with Crippen LogP contribution in [0.3, 0.4) is 0 Å². The van der Waals surface area contributed by atoms with Crippen molar-refractivity contribution in [2.75, 3.05) is 18.4 Å². The number of halogens is 1. The summed E-state index contributed by atoms with van der Waals surface area (Å²) in [5.41, 5.74) is 1.41. The van der Waals surface area contributed by atoms with Crippen LogP contribution >= 0.6 is 23.7 Å². The fourth-order valence-corrected chi connectivity index (χ4v) is 3.84. The lowest BCUT2D eigenvalue weighted by Gasteiger charge is -2.20. The zero-order valence-electron chi connectivity index (χ0n) is 12.9. The molecule has 3 aromatic heterocycles. The largest absolute Gasteiger partial charge is 0.317 e. The minimum absolute atomic E-state index is 0. The molecule has 4 heterocycles. The maximum absolute atomic E-state index is 12.4. The molecule has 1 aliphatic heterocycles. The van der Waals surface area contributed by atoms with Crippen molar-refractivity contribution in [3.8, 4) is 0 Å². The van der Waals surface area contributed by atoms with Crippen molar-refractivity contribution in [1.82, 2.24) is 19.7 Å². The van der Waals surface area contributed by atoms with E-state index in [2.05, 4.69) is 20.6 Å². The molecule has 8 heteroatoms. The summed E-state index contributed by atoms with van der Waals surface area (Å²) in [6.07, 6.45) is 9.47. The molecule has 0 saturated carbocycles. The van der Waals surface area contributed by atoms with Gasteiger partial charge in [0.25, 0.3) is 5.91 Å². The first-order valence-electron chi connectivity index (χ1n) is 7.70. The Morgan fingerprint density at radius 2 is 2.12 bits per heavy atom. The number of anilines is 1.